The van der Waals surface area contributed by atoms with Crippen LogP contribution >= 0.6 is 23.2 Å². The summed E-state index contributed by atoms with van der Waals surface area (Å²) in [5, 5.41) is 6.32. The van der Waals surface area contributed by atoms with E-state index in [1.54, 1.807) is 30.3 Å². The molecule has 0 radical (unpaired) electrons. The molecule has 0 fully saturated rings. The summed E-state index contributed by atoms with van der Waals surface area (Å²) < 4.78 is 5.65. The highest BCUT2D eigenvalue weighted by Crippen LogP contribution is 2.26. The predicted octanol–water partition coefficient (Wildman–Crippen LogP) is 5.42. The van der Waals surface area contributed by atoms with Crippen LogP contribution in [0.2, 0.25) is 10.0 Å². The third-order valence-corrected chi connectivity index (χ3v) is 3.05. The molecular formula is C16H16Cl2N2O2. The number of hydrogen-bond acceptors (Lipinski definition) is 2. The summed E-state index contributed by atoms with van der Waals surface area (Å²) in [4.78, 5) is 12.1. The molecule has 0 saturated heterocycles. The minimum Gasteiger partial charge on any atom is -0.489 e. The van der Waals surface area contributed by atoms with Crippen molar-refractivity contribution in [3.63, 3.8) is 0 Å². The van der Waals surface area contributed by atoms with Gasteiger partial charge >= 0.3 is 6.03 Å². The third kappa shape index (κ3) is 4.83. The maximum Gasteiger partial charge on any atom is 0.323 e. The molecule has 22 heavy (non-hydrogen) atoms. The lowest BCUT2D eigenvalue weighted by Gasteiger charge is -2.15. The van der Waals surface area contributed by atoms with Gasteiger partial charge < -0.3 is 15.4 Å². The largest absolute Gasteiger partial charge is 0.489 e. The second-order valence-corrected chi connectivity index (χ2v) is 5.77. The van der Waals surface area contributed by atoms with Crippen LogP contribution < -0.4 is 15.4 Å². The number of ether oxygens (including phenoxy) is 1. The fraction of sp³-hybridized carbons (Fsp3) is 0.188. The zero-order valence-corrected chi connectivity index (χ0v) is 13.7. The van der Waals surface area contributed by atoms with Crippen LogP contribution in [0.5, 0.6) is 5.75 Å². The summed E-state index contributed by atoms with van der Waals surface area (Å²) in [5.41, 5.74) is 1.10. The lowest BCUT2D eigenvalue weighted by molar-refractivity contribution is 0.243. The van der Waals surface area contributed by atoms with Crippen molar-refractivity contribution in [3.8, 4) is 5.75 Å². The number of carbonyl (C=O) groups excluding carboxylic acids is 1. The second kappa shape index (κ2) is 7.38. The molecule has 2 aromatic rings. The molecule has 2 amide bonds. The minimum absolute atomic E-state index is 0.0118. The van der Waals surface area contributed by atoms with E-state index in [0.717, 1.165) is 0 Å². The van der Waals surface area contributed by atoms with Gasteiger partial charge in [-0.25, -0.2) is 4.79 Å². The molecule has 0 saturated carbocycles. The summed E-state index contributed by atoms with van der Waals surface area (Å²) in [6.45, 7) is 3.84. The molecule has 0 atom stereocenters. The number of carbonyl (C=O) groups is 1. The van der Waals surface area contributed by atoms with Crippen molar-refractivity contribution in [2.24, 2.45) is 0 Å². The van der Waals surface area contributed by atoms with Gasteiger partial charge in [-0.2, -0.15) is 0 Å². The molecule has 0 spiro atoms. The van der Waals surface area contributed by atoms with Gasteiger partial charge in [-0.05, 0) is 44.2 Å². The molecule has 116 valence electrons. The molecule has 0 unspecified atom stereocenters. The van der Waals surface area contributed by atoms with Crippen molar-refractivity contribution in [2.75, 3.05) is 10.6 Å². The number of rotatable bonds is 4. The van der Waals surface area contributed by atoms with Crippen LogP contribution in [0.25, 0.3) is 0 Å². The van der Waals surface area contributed by atoms with Crippen molar-refractivity contribution >= 4 is 40.6 Å². The van der Waals surface area contributed by atoms with Crippen LogP contribution in [0, 0.1) is 0 Å². The molecule has 4 nitrogen and oxygen atoms in total. The van der Waals surface area contributed by atoms with Crippen molar-refractivity contribution in [3.05, 3.63) is 52.5 Å². The molecule has 2 N–H and O–H groups in total. The Morgan fingerprint density at radius 2 is 1.68 bits per heavy atom. The Morgan fingerprint density at radius 3 is 2.32 bits per heavy atom. The molecule has 0 heterocycles. The first-order valence-electron chi connectivity index (χ1n) is 6.74. The molecular weight excluding hydrogens is 323 g/mol. The summed E-state index contributed by atoms with van der Waals surface area (Å²) in [6.07, 6.45) is 0.0118. The molecule has 0 aliphatic heterocycles. The number of para-hydroxylation sites is 2. The zero-order valence-electron chi connectivity index (χ0n) is 12.2. The lowest BCUT2D eigenvalue weighted by atomic mass is 10.3. The van der Waals surface area contributed by atoms with E-state index in [9.17, 15) is 4.79 Å². The predicted molar refractivity (Wildman–Crippen MR) is 91.3 cm³/mol. The average Bonchev–Trinajstić information content (AvgIpc) is 2.39. The van der Waals surface area contributed by atoms with Crippen LogP contribution in [0.15, 0.2) is 42.5 Å². The highest BCUT2D eigenvalue weighted by atomic mass is 35.5. The normalized spacial score (nSPS) is 10.4. The van der Waals surface area contributed by atoms with E-state index >= 15 is 0 Å². The van der Waals surface area contributed by atoms with Gasteiger partial charge in [0.05, 0.1) is 11.8 Å². The third-order valence-electron chi connectivity index (χ3n) is 2.62. The van der Waals surface area contributed by atoms with E-state index in [-0.39, 0.29) is 6.10 Å². The first kappa shape index (κ1) is 16.5. The Morgan fingerprint density at radius 1 is 1.05 bits per heavy atom. The first-order valence-corrected chi connectivity index (χ1v) is 7.49. The van der Waals surface area contributed by atoms with E-state index in [0.29, 0.717) is 27.2 Å². The van der Waals surface area contributed by atoms with E-state index < -0.39 is 6.03 Å². The van der Waals surface area contributed by atoms with Gasteiger partial charge in [0.15, 0.2) is 0 Å². The summed E-state index contributed by atoms with van der Waals surface area (Å²) in [7, 11) is 0. The smallest absolute Gasteiger partial charge is 0.323 e. The highest BCUT2D eigenvalue weighted by Gasteiger charge is 2.09. The van der Waals surface area contributed by atoms with Gasteiger partial charge in [-0.15, -0.1) is 0 Å². The number of halogens is 2. The van der Waals surface area contributed by atoms with Gasteiger partial charge in [0.1, 0.15) is 5.75 Å². The fourth-order valence-corrected chi connectivity index (χ4v) is 2.36. The van der Waals surface area contributed by atoms with Gasteiger partial charge in [-0.3, -0.25) is 0 Å². The van der Waals surface area contributed by atoms with Crippen molar-refractivity contribution in [1.82, 2.24) is 0 Å². The molecule has 0 aliphatic carbocycles. The van der Waals surface area contributed by atoms with E-state index in [4.69, 9.17) is 27.9 Å². The monoisotopic (exact) mass is 338 g/mol. The first-order chi connectivity index (χ1) is 10.4. The summed E-state index contributed by atoms with van der Waals surface area (Å²) >= 11 is 11.8. The molecule has 2 aromatic carbocycles. The molecule has 0 bridgehead atoms. The highest BCUT2D eigenvalue weighted by molar-refractivity contribution is 6.35. The average molecular weight is 339 g/mol. The Hall–Kier alpha value is -1.91. The number of anilines is 2. The van der Waals surface area contributed by atoms with Gasteiger partial charge in [-0.1, -0.05) is 35.3 Å². The van der Waals surface area contributed by atoms with Crippen molar-refractivity contribution in [1.29, 1.82) is 0 Å². The lowest BCUT2D eigenvalue weighted by Crippen LogP contribution is -2.20. The number of benzene rings is 2. The number of urea groups is 1. The van der Waals surface area contributed by atoms with Crippen LogP contribution in [-0.4, -0.2) is 12.1 Å². The van der Waals surface area contributed by atoms with Gasteiger partial charge in [0.2, 0.25) is 0 Å². The molecule has 0 aliphatic rings. The van der Waals surface area contributed by atoms with Crippen molar-refractivity contribution in [2.45, 2.75) is 20.0 Å². The Labute approximate surface area is 139 Å². The molecule has 6 heteroatoms. The Bertz CT molecular complexity index is 655. The maximum absolute atomic E-state index is 12.1. The molecule has 2 rings (SSSR count). The summed E-state index contributed by atoms with van der Waals surface area (Å²) in [5.74, 6) is 0.608. The topological polar surface area (TPSA) is 50.4 Å². The quantitative estimate of drug-likeness (QED) is 0.781. The van der Waals surface area contributed by atoms with E-state index in [1.165, 1.54) is 0 Å². The fourth-order valence-electron chi connectivity index (χ4n) is 1.84. The van der Waals surface area contributed by atoms with E-state index in [1.807, 2.05) is 26.0 Å². The van der Waals surface area contributed by atoms with Gasteiger partial charge in [0.25, 0.3) is 0 Å². The van der Waals surface area contributed by atoms with Crippen LogP contribution in [0.3, 0.4) is 0 Å². The Balaban J connectivity index is 2.09. The van der Waals surface area contributed by atoms with Crippen LogP contribution in [0.4, 0.5) is 16.2 Å². The van der Waals surface area contributed by atoms with E-state index in [2.05, 4.69) is 10.6 Å². The number of amides is 2. The van der Waals surface area contributed by atoms with Crippen molar-refractivity contribution < 1.29 is 9.53 Å². The summed E-state index contributed by atoms with van der Waals surface area (Å²) in [6, 6.07) is 11.6. The second-order valence-electron chi connectivity index (χ2n) is 4.90. The molecule has 0 aromatic heterocycles. The zero-order chi connectivity index (χ0) is 16.1. The minimum atomic E-state index is -0.405. The standard InChI is InChI=1S/C16H16Cl2N2O2/c1-10(2)22-15-6-4-3-5-14(15)20-16(21)19-13-8-11(17)7-12(18)9-13/h3-10H,1-2H3,(H2,19,20,21). The van der Waals surface area contributed by atoms with Gasteiger partial charge in [0, 0.05) is 15.7 Å². The van der Waals surface area contributed by atoms with Crippen LogP contribution in [0.1, 0.15) is 13.8 Å². The SMILES string of the molecule is CC(C)Oc1ccccc1NC(=O)Nc1cc(Cl)cc(Cl)c1. The maximum atomic E-state index is 12.1. The van der Waals surface area contributed by atoms with Crippen LogP contribution in [-0.2, 0) is 0 Å². The number of nitrogens with one attached hydrogen (secondary N) is 2. The number of hydrogen-bond donors (Lipinski definition) is 2. The Kier molecular flexibility index (Phi) is 5.52.